The Labute approximate surface area is 195 Å². The number of anilines is 1. The minimum Gasteiger partial charge on any atom is -0.358 e. The third-order valence-corrected chi connectivity index (χ3v) is 4.94. The van der Waals surface area contributed by atoms with Gasteiger partial charge in [-0.2, -0.15) is 0 Å². The number of carbonyl (C=O) groups is 2. The monoisotopic (exact) mass is 459 g/mol. The molecule has 1 aromatic heterocycles. The smallest absolute Gasteiger partial charge is 0.256 e. The van der Waals surface area contributed by atoms with E-state index in [1.807, 2.05) is 45.9 Å². The van der Waals surface area contributed by atoms with Crippen molar-refractivity contribution in [2.24, 2.45) is 5.73 Å². The van der Waals surface area contributed by atoms with Gasteiger partial charge in [0.25, 0.3) is 5.91 Å². The zero-order valence-corrected chi connectivity index (χ0v) is 20.2. The van der Waals surface area contributed by atoms with Gasteiger partial charge in [-0.1, -0.05) is 38.1 Å². The highest BCUT2D eigenvalue weighted by Gasteiger charge is 2.24. The third kappa shape index (κ3) is 6.82. The van der Waals surface area contributed by atoms with Crippen molar-refractivity contribution >= 4 is 46.8 Å². The molecule has 0 bridgehead atoms. The highest BCUT2D eigenvalue weighted by molar-refractivity contribution is 6.36. The van der Waals surface area contributed by atoms with Crippen LogP contribution in [0.1, 0.15) is 41.9 Å². The Hall–Kier alpha value is -2.87. The van der Waals surface area contributed by atoms with E-state index in [0.717, 1.165) is 46.9 Å². The number of nitrogens with two attached hydrogens (primary N) is 1. The molecule has 0 spiro atoms. The highest BCUT2D eigenvalue weighted by Crippen LogP contribution is 2.35. The Kier molecular flexibility index (Phi) is 11.5. The van der Waals surface area contributed by atoms with Gasteiger partial charge in [0.1, 0.15) is 0 Å². The molecule has 4 rings (SSSR count). The molecule has 2 aromatic rings. The van der Waals surface area contributed by atoms with Crippen LogP contribution in [0, 0.1) is 13.8 Å². The number of hydrogen-bond donors (Lipinski definition) is 5. The summed E-state index contributed by atoms with van der Waals surface area (Å²) in [4.78, 5) is 25.7. The fourth-order valence-corrected chi connectivity index (χ4v) is 3.41. The average Bonchev–Trinajstić information content (AvgIpc) is 3.26. The molecule has 0 radical (unpaired) electrons. The Morgan fingerprint density at radius 2 is 1.81 bits per heavy atom. The first kappa shape index (κ1) is 27.2. The number of amides is 2. The first-order valence-corrected chi connectivity index (χ1v) is 11.0. The minimum atomic E-state index is -0.112. The van der Waals surface area contributed by atoms with E-state index in [9.17, 15) is 9.59 Å². The molecule has 2 aliphatic rings. The van der Waals surface area contributed by atoms with Gasteiger partial charge in [0.2, 0.25) is 5.91 Å². The summed E-state index contributed by atoms with van der Waals surface area (Å²) in [6.07, 6.45) is 3.69. The summed E-state index contributed by atoms with van der Waals surface area (Å²) in [5, 5.41) is 9.07. The SMILES string of the molecule is C=Cc1c(C)[nH]c(/C=C2\C(=O)Nc3ccc(Cl)cc32)c1C.CC.CN.O=C1CNCCN1. The number of H-pyrrole nitrogens is 1. The van der Waals surface area contributed by atoms with Gasteiger partial charge in [0, 0.05) is 40.8 Å². The van der Waals surface area contributed by atoms with Crippen LogP contribution >= 0.6 is 11.6 Å². The summed E-state index contributed by atoms with van der Waals surface area (Å²) >= 11 is 6.04. The summed E-state index contributed by atoms with van der Waals surface area (Å²) in [6, 6.07) is 5.39. The Balaban J connectivity index is 0.000000390. The number of piperazine rings is 1. The van der Waals surface area contributed by atoms with Crippen molar-refractivity contribution in [2.75, 3.05) is 32.0 Å². The lowest BCUT2D eigenvalue weighted by Crippen LogP contribution is -2.44. The molecular weight excluding hydrogens is 426 g/mol. The van der Waals surface area contributed by atoms with E-state index < -0.39 is 0 Å². The number of rotatable bonds is 2. The molecule has 3 heterocycles. The molecule has 0 saturated carbocycles. The van der Waals surface area contributed by atoms with Crippen molar-refractivity contribution in [1.82, 2.24) is 15.6 Å². The van der Waals surface area contributed by atoms with Gasteiger partial charge in [-0.15, -0.1) is 0 Å². The quantitative estimate of drug-likeness (QED) is 0.440. The predicted molar refractivity (Wildman–Crippen MR) is 136 cm³/mol. The topological polar surface area (TPSA) is 112 Å². The van der Waals surface area contributed by atoms with E-state index in [2.05, 4.69) is 33.2 Å². The van der Waals surface area contributed by atoms with Gasteiger partial charge >= 0.3 is 0 Å². The Morgan fingerprint density at radius 3 is 2.31 bits per heavy atom. The molecule has 2 aliphatic heterocycles. The average molecular weight is 460 g/mol. The molecule has 1 aromatic carbocycles. The largest absolute Gasteiger partial charge is 0.358 e. The first-order chi connectivity index (χ1) is 15.4. The fourth-order valence-electron chi connectivity index (χ4n) is 3.24. The van der Waals surface area contributed by atoms with Crippen LogP contribution in [0.4, 0.5) is 5.69 Å². The van der Waals surface area contributed by atoms with Gasteiger partial charge < -0.3 is 26.7 Å². The van der Waals surface area contributed by atoms with Crippen molar-refractivity contribution in [2.45, 2.75) is 27.7 Å². The molecule has 2 amide bonds. The lowest BCUT2D eigenvalue weighted by Gasteiger charge is -2.11. The van der Waals surface area contributed by atoms with Crippen LogP contribution in [-0.4, -0.2) is 43.5 Å². The van der Waals surface area contributed by atoms with Gasteiger partial charge in [0.15, 0.2) is 0 Å². The fraction of sp³-hybridized carbons (Fsp3) is 0.333. The van der Waals surface area contributed by atoms with E-state index in [-0.39, 0.29) is 11.8 Å². The minimum absolute atomic E-state index is 0.103. The molecular formula is C24H34ClN5O2. The Morgan fingerprint density at radius 1 is 1.12 bits per heavy atom. The Bertz CT molecular complexity index is 971. The van der Waals surface area contributed by atoms with Crippen LogP contribution in [0.2, 0.25) is 5.02 Å². The van der Waals surface area contributed by atoms with E-state index in [1.54, 1.807) is 12.1 Å². The van der Waals surface area contributed by atoms with Crippen molar-refractivity contribution in [3.8, 4) is 0 Å². The second-order valence-electron chi connectivity index (χ2n) is 6.64. The molecule has 0 aliphatic carbocycles. The van der Waals surface area contributed by atoms with E-state index in [0.29, 0.717) is 17.1 Å². The molecule has 8 heteroatoms. The molecule has 32 heavy (non-hydrogen) atoms. The second-order valence-corrected chi connectivity index (χ2v) is 7.07. The number of aromatic amines is 1. The zero-order chi connectivity index (χ0) is 24.3. The number of fused-ring (bicyclic) bond motifs is 1. The number of aryl methyl sites for hydroxylation is 1. The zero-order valence-electron chi connectivity index (χ0n) is 19.5. The maximum absolute atomic E-state index is 12.2. The van der Waals surface area contributed by atoms with Crippen molar-refractivity contribution in [1.29, 1.82) is 0 Å². The predicted octanol–water partition coefficient (Wildman–Crippen LogP) is 3.73. The maximum Gasteiger partial charge on any atom is 0.256 e. The lowest BCUT2D eigenvalue weighted by atomic mass is 10.0. The summed E-state index contributed by atoms with van der Waals surface area (Å²) < 4.78 is 0. The van der Waals surface area contributed by atoms with E-state index >= 15 is 0 Å². The summed E-state index contributed by atoms with van der Waals surface area (Å²) in [6.45, 7) is 14.0. The van der Waals surface area contributed by atoms with E-state index in [4.69, 9.17) is 11.6 Å². The number of carbonyl (C=O) groups excluding carboxylic acids is 2. The van der Waals surface area contributed by atoms with Crippen molar-refractivity contribution in [3.63, 3.8) is 0 Å². The molecule has 1 saturated heterocycles. The number of halogens is 1. The number of aromatic nitrogens is 1. The molecule has 6 N–H and O–H groups in total. The lowest BCUT2D eigenvalue weighted by molar-refractivity contribution is -0.121. The first-order valence-electron chi connectivity index (χ1n) is 10.6. The summed E-state index contributed by atoms with van der Waals surface area (Å²) in [7, 11) is 1.50. The van der Waals surface area contributed by atoms with Gasteiger partial charge in [-0.25, -0.2) is 0 Å². The van der Waals surface area contributed by atoms with Gasteiger partial charge in [-0.3, -0.25) is 9.59 Å². The molecule has 0 unspecified atom stereocenters. The normalized spacial score (nSPS) is 15.0. The van der Waals surface area contributed by atoms with E-state index in [1.165, 1.54) is 7.05 Å². The number of benzene rings is 1. The van der Waals surface area contributed by atoms with Gasteiger partial charge in [0.05, 0.1) is 12.1 Å². The van der Waals surface area contributed by atoms with Crippen LogP contribution < -0.4 is 21.7 Å². The van der Waals surface area contributed by atoms with Crippen LogP contribution in [-0.2, 0) is 9.59 Å². The highest BCUT2D eigenvalue weighted by atomic mass is 35.5. The van der Waals surface area contributed by atoms with Crippen LogP contribution in [0.3, 0.4) is 0 Å². The van der Waals surface area contributed by atoms with Gasteiger partial charge in [-0.05, 0) is 56.3 Å². The van der Waals surface area contributed by atoms with Crippen molar-refractivity contribution in [3.05, 3.63) is 57.9 Å². The van der Waals surface area contributed by atoms with Crippen LogP contribution in [0.25, 0.3) is 17.7 Å². The van der Waals surface area contributed by atoms with Crippen LogP contribution in [0.5, 0.6) is 0 Å². The molecule has 7 nitrogen and oxygen atoms in total. The maximum atomic E-state index is 12.2. The second kappa shape index (κ2) is 13.5. The molecule has 0 atom stereocenters. The molecule has 174 valence electrons. The number of hydrogen-bond acceptors (Lipinski definition) is 4. The number of nitrogens with one attached hydrogen (secondary N) is 4. The summed E-state index contributed by atoms with van der Waals surface area (Å²) in [5.74, 6) is -0.00896. The van der Waals surface area contributed by atoms with Crippen molar-refractivity contribution < 1.29 is 9.59 Å². The standard InChI is InChI=1S/C17H15ClN2O.C4H8N2O.C2H6.CH5N/c1-4-12-9(2)16(19-10(12)3)8-14-13-7-11(18)5-6-15(13)20-17(14)21;7-4-3-5-1-2-6-4;2*1-2/h4-8,19H,1H2,2-3H3,(H,20,21);5H,1-3H2,(H,6,7);1-2H3;2H2,1H3/b14-8-;;;. The third-order valence-electron chi connectivity index (χ3n) is 4.70. The summed E-state index contributed by atoms with van der Waals surface area (Å²) in [5.41, 5.74) is 10.9. The van der Waals surface area contributed by atoms with Crippen LogP contribution in [0.15, 0.2) is 24.8 Å². The molecule has 1 fully saturated rings.